The van der Waals surface area contributed by atoms with Gasteiger partial charge in [0.15, 0.2) is 0 Å². The van der Waals surface area contributed by atoms with E-state index in [1.807, 2.05) is 24.8 Å². The maximum atomic E-state index is 6.43. The Kier molecular flexibility index (Phi) is 4.32. The normalized spacial score (nSPS) is 12.6. The van der Waals surface area contributed by atoms with Crippen LogP contribution in [0.1, 0.15) is 11.1 Å². The van der Waals surface area contributed by atoms with Gasteiger partial charge in [0.2, 0.25) is 0 Å². The summed E-state index contributed by atoms with van der Waals surface area (Å²) in [4.78, 5) is 8.79. The van der Waals surface area contributed by atoms with E-state index in [9.17, 15) is 0 Å². The third-order valence-electron chi connectivity index (χ3n) is 8.15. The molecule has 1 aliphatic rings. The second-order valence-electron chi connectivity index (χ2n) is 10.4. The molecule has 0 aliphatic carbocycles. The van der Waals surface area contributed by atoms with Crippen molar-refractivity contribution in [1.82, 2.24) is 19.1 Å². The van der Waals surface area contributed by atoms with Crippen molar-refractivity contribution in [3.63, 3.8) is 0 Å². The van der Waals surface area contributed by atoms with Gasteiger partial charge in [0, 0.05) is 75.3 Å². The van der Waals surface area contributed by atoms with Crippen molar-refractivity contribution in [2.24, 2.45) is 0 Å². The zero-order chi connectivity index (χ0) is 26.2. The minimum atomic E-state index is 0.795. The summed E-state index contributed by atoms with van der Waals surface area (Å²) in [6.45, 7) is 0. The molecule has 0 radical (unpaired) electrons. The monoisotopic (exact) mass is 514 g/mol. The molecular formula is C35H22N4O. The van der Waals surface area contributed by atoms with E-state index in [1.165, 1.54) is 32.9 Å². The number of benzene rings is 4. The van der Waals surface area contributed by atoms with Gasteiger partial charge in [0.25, 0.3) is 0 Å². The van der Waals surface area contributed by atoms with Crippen LogP contribution in [0.2, 0.25) is 0 Å². The highest BCUT2D eigenvalue weighted by atomic mass is 16.5. The van der Waals surface area contributed by atoms with Crippen molar-refractivity contribution in [2.75, 3.05) is 0 Å². The molecular weight excluding hydrogens is 492 g/mol. The molecule has 0 bridgehead atoms. The van der Waals surface area contributed by atoms with E-state index in [0.29, 0.717) is 0 Å². The number of ether oxygens (including phenoxy) is 1. The first-order chi connectivity index (χ1) is 19.8. The van der Waals surface area contributed by atoms with Gasteiger partial charge in [-0.1, -0.05) is 36.4 Å². The van der Waals surface area contributed by atoms with Gasteiger partial charge in [-0.2, -0.15) is 0 Å². The molecule has 0 atom stereocenters. The minimum Gasteiger partial charge on any atom is -0.457 e. The molecule has 0 saturated heterocycles. The first-order valence-corrected chi connectivity index (χ1v) is 13.4. The van der Waals surface area contributed by atoms with E-state index >= 15 is 0 Å². The summed E-state index contributed by atoms with van der Waals surface area (Å²) in [5.41, 5.74) is 9.23. The SMILES string of the molecule is c1ccc2c(c1)c1cnccc1n2-c1ccc2c(c1)Cc1cc(-n3c4ccccc4c4cnccc43)ccc1O2. The van der Waals surface area contributed by atoms with Gasteiger partial charge in [-0.25, -0.2) is 0 Å². The van der Waals surface area contributed by atoms with E-state index in [2.05, 4.69) is 116 Å². The highest BCUT2D eigenvalue weighted by Crippen LogP contribution is 2.41. The molecule has 4 aromatic carbocycles. The summed E-state index contributed by atoms with van der Waals surface area (Å²) in [7, 11) is 0. The molecule has 40 heavy (non-hydrogen) atoms. The third-order valence-corrected chi connectivity index (χ3v) is 8.15. The van der Waals surface area contributed by atoms with E-state index < -0.39 is 0 Å². The molecule has 5 heterocycles. The van der Waals surface area contributed by atoms with Crippen molar-refractivity contribution >= 4 is 43.6 Å². The van der Waals surface area contributed by atoms with Crippen molar-refractivity contribution in [3.8, 4) is 22.9 Å². The van der Waals surface area contributed by atoms with E-state index in [-0.39, 0.29) is 0 Å². The topological polar surface area (TPSA) is 44.9 Å². The summed E-state index contributed by atoms with van der Waals surface area (Å²) in [6, 6.07) is 34.3. The highest BCUT2D eigenvalue weighted by molar-refractivity contribution is 6.09. The van der Waals surface area contributed by atoms with Crippen LogP contribution in [-0.4, -0.2) is 19.1 Å². The molecule has 5 nitrogen and oxygen atoms in total. The number of hydrogen-bond donors (Lipinski definition) is 0. The van der Waals surface area contributed by atoms with Gasteiger partial charge in [-0.15, -0.1) is 0 Å². The van der Waals surface area contributed by atoms with Crippen LogP contribution in [0.5, 0.6) is 11.5 Å². The van der Waals surface area contributed by atoms with Gasteiger partial charge in [0.05, 0.1) is 22.1 Å². The summed E-state index contributed by atoms with van der Waals surface area (Å²) in [5, 5.41) is 4.72. The quantitative estimate of drug-likeness (QED) is 0.233. The Balaban J connectivity index is 1.18. The second kappa shape index (κ2) is 8.04. The minimum absolute atomic E-state index is 0.795. The summed E-state index contributed by atoms with van der Waals surface area (Å²) in [5.74, 6) is 1.82. The molecule has 4 aromatic heterocycles. The van der Waals surface area contributed by atoms with Crippen LogP contribution in [0.15, 0.2) is 122 Å². The fraction of sp³-hybridized carbons (Fsp3) is 0.0286. The highest BCUT2D eigenvalue weighted by Gasteiger charge is 2.21. The standard InChI is InChI=1S/C35H22N4O/c1-3-7-30-26(5-1)28-20-36-15-13-32(28)38(30)24-9-11-34-22(18-24)17-23-19-25(10-12-35(23)40-34)39-31-8-4-2-6-27(31)29-21-37-16-14-33(29)39/h1-16,18-21H,17H2. The van der Waals surface area contributed by atoms with Crippen LogP contribution in [0.25, 0.3) is 55.0 Å². The lowest BCUT2D eigenvalue weighted by Crippen LogP contribution is -2.06. The van der Waals surface area contributed by atoms with Gasteiger partial charge in [-0.3, -0.25) is 9.97 Å². The van der Waals surface area contributed by atoms with Crippen LogP contribution >= 0.6 is 0 Å². The number of fused-ring (bicyclic) bond motifs is 8. The number of nitrogens with zero attached hydrogens (tertiary/aromatic N) is 4. The lowest BCUT2D eigenvalue weighted by Gasteiger charge is -2.22. The van der Waals surface area contributed by atoms with Crippen molar-refractivity contribution < 1.29 is 4.74 Å². The Morgan fingerprint density at radius 3 is 1.50 bits per heavy atom. The van der Waals surface area contributed by atoms with Gasteiger partial charge in [0.1, 0.15) is 11.5 Å². The fourth-order valence-corrected chi connectivity index (χ4v) is 6.40. The molecule has 0 amide bonds. The van der Waals surface area contributed by atoms with Crippen LogP contribution in [0.3, 0.4) is 0 Å². The number of pyridine rings is 2. The largest absolute Gasteiger partial charge is 0.457 e. The predicted octanol–water partition coefficient (Wildman–Crippen LogP) is 8.37. The van der Waals surface area contributed by atoms with Gasteiger partial charge >= 0.3 is 0 Å². The summed E-state index contributed by atoms with van der Waals surface area (Å²) in [6.07, 6.45) is 8.43. The Morgan fingerprint density at radius 1 is 0.500 bits per heavy atom. The molecule has 188 valence electrons. The summed E-state index contributed by atoms with van der Waals surface area (Å²) < 4.78 is 11.1. The first-order valence-electron chi connectivity index (χ1n) is 13.4. The molecule has 5 heteroatoms. The van der Waals surface area contributed by atoms with Gasteiger partial charge < -0.3 is 13.9 Å². The Bertz CT molecular complexity index is 2020. The molecule has 0 unspecified atom stereocenters. The number of rotatable bonds is 2. The maximum absolute atomic E-state index is 6.43. The molecule has 0 fully saturated rings. The van der Waals surface area contributed by atoms with Crippen LogP contribution in [0, 0.1) is 0 Å². The molecule has 0 saturated carbocycles. The molecule has 9 rings (SSSR count). The van der Waals surface area contributed by atoms with E-state index in [4.69, 9.17) is 4.74 Å². The zero-order valence-electron chi connectivity index (χ0n) is 21.5. The second-order valence-corrected chi connectivity index (χ2v) is 10.4. The average Bonchev–Trinajstić information content (AvgIpc) is 3.53. The molecule has 0 N–H and O–H groups in total. The van der Waals surface area contributed by atoms with Crippen LogP contribution < -0.4 is 4.74 Å². The average molecular weight is 515 g/mol. The number of hydrogen-bond acceptors (Lipinski definition) is 3. The van der Waals surface area contributed by atoms with E-state index in [0.717, 1.165) is 51.1 Å². The Morgan fingerprint density at radius 2 is 0.975 bits per heavy atom. The van der Waals surface area contributed by atoms with Crippen molar-refractivity contribution in [1.29, 1.82) is 0 Å². The smallest absolute Gasteiger partial charge is 0.131 e. The first kappa shape index (κ1) is 21.5. The van der Waals surface area contributed by atoms with Gasteiger partial charge in [-0.05, 0) is 60.7 Å². The number of aromatic nitrogens is 4. The van der Waals surface area contributed by atoms with Crippen molar-refractivity contribution in [3.05, 3.63) is 133 Å². The van der Waals surface area contributed by atoms with Crippen LogP contribution in [-0.2, 0) is 6.42 Å². The molecule has 0 spiro atoms. The van der Waals surface area contributed by atoms with E-state index in [1.54, 1.807) is 0 Å². The summed E-state index contributed by atoms with van der Waals surface area (Å²) >= 11 is 0. The number of para-hydroxylation sites is 2. The predicted molar refractivity (Wildman–Crippen MR) is 160 cm³/mol. The maximum Gasteiger partial charge on any atom is 0.131 e. The third kappa shape index (κ3) is 2.97. The lowest BCUT2D eigenvalue weighted by atomic mass is 9.99. The van der Waals surface area contributed by atoms with Crippen LogP contribution in [0.4, 0.5) is 0 Å². The Hall–Kier alpha value is -5.42. The fourth-order valence-electron chi connectivity index (χ4n) is 6.40. The van der Waals surface area contributed by atoms with Crippen molar-refractivity contribution in [2.45, 2.75) is 6.42 Å². The Labute approximate surface area is 229 Å². The molecule has 8 aromatic rings. The zero-order valence-corrected chi connectivity index (χ0v) is 21.5. The molecule has 1 aliphatic heterocycles. The lowest BCUT2D eigenvalue weighted by molar-refractivity contribution is 0.460.